The van der Waals surface area contributed by atoms with E-state index in [1.54, 1.807) is 36.4 Å². The molecule has 0 unspecified atom stereocenters. The van der Waals surface area contributed by atoms with Crippen LogP contribution in [0.1, 0.15) is 52.7 Å². The predicted molar refractivity (Wildman–Crippen MR) is 137 cm³/mol. The van der Waals surface area contributed by atoms with Gasteiger partial charge in [0.1, 0.15) is 11.5 Å². The molecule has 3 nitrogen and oxygen atoms in total. The Morgan fingerprint density at radius 3 is 1.41 bits per heavy atom. The Hall–Kier alpha value is -1.93. The lowest BCUT2D eigenvalue weighted by atomic mass is 9.86. The van der Waals surface area contributed by atoms with Crippen LogP contribution in [-0.2, 0) is 15.4 Å². The molecule has 0 atom stereocenters. The average Bonchev–Trinajstić information content (AvgIpc) is 2.69. The van der Waals surface area contributed by atoms with Crippen LogP contribution in [0, 0.1) is 0 Å². The molecule has 2 N–H and O–H groups in total. The van der Waals surface area contributed by atoms with E-state index in [1.165, 1.54) is 12.1 Å². The van der Waals surface area contributed by atoms with Crippen LogP contribution in [0.15, 0.2) is 54.6 Å². The fraction of sp³-hybridized carbons (Fsp3) is 0.308. The fourth-order valence-corrected chi connectivity index (χ4v) is 7.31. The maximum absolute atomic E-state index is 15.1. The van der Waals surface area contributed by atoms with Gasteiger partial charge in [-0.15, -0.1) is 0 Å². The zero-order chi connectivity index (χ0) is 24.1. The molecule has 0 fully saturated rings. The molecule has 0 aliphatic carbocycles. The molecule has 0 heterocycles. The molecule has 3 aromatic carbocycles. The quantitative estimate of drug-likeness (QED) is 0.404. The summed E-state index contributed by atoms with van der Waals surface area (Å²) in [7, 11) is -3.77. The topological polar surface area (TPSA) is 57.5 Å². The minimum atomic E-state index is -3.77. The smallest absolute Gasteiger partial charge is 0.178 e. The summed E-state index contributed by atoms with van der Waals surface area (Å²) < 4.78 is 15.1. The second kappa shape index (κ2) is 8.45. The number of hydrogen-bond acceptors (Lipinski definition) is 3. The number of benzene rings is 3. The van der Waals surface area contributed by atoms with Crippen molar-refractivity contribution in [1.82, 2.24) is 0 Å². The van der Waals surface area contributed by atoms with Gasteiger partial charge in [-0.3, -0.25) is 0 Å². The van der Waals surface area contributed by atoms with E-state index in [9.17, 15) is 10.2 Å². The highest BCUT2D eigenvalue weighted by atomic mass is 35.5. The van der Waals surface area contributed by atoms with Crippen molar-refractivity contribution in [2.75, 3.05) is 0 Å². The van der Waals surface area contributed by atoms with Crippen LogP contribution >= 0.6 is 30.3 Å². The SMILES string of the molecule is CC(C)(C)c1cc(Cl)cc(P(=O)(c2ccccc2)c2cc(Cl)cc(C(C)(C)C)c2O)c1O. The largest absolute Gasteiger partial charge is 0.507 e. The number of phenolic OH excluding ortho intramolecular Hbond substituents is 2. The normalized spacial score (nSPS) is 12.8. The summed E-state index contributed by atoms with van der Waals surface area (Å²) in [5.74, 6) is -0.184. The fourth-order valence-electron chi connectivity index (χ4n) is 3.84. The van der Waals surface area contributed by atoms with Crippen LogP contribution in [0.4, 0.5) is 0 Å². The second-order valence-electron chi connectivity index (χ2n) is 10.1. The van der Waals surface area contributed by atoms with E-state index in [0.717, 1.165) is 0 Å². The highest BCUT2D eigenvalue weighted by molar-refractivity contribution is 7.85. The van der Waals surface area contributed by atoms with Gasteiger partial charge in [0, 0.05) is 26.5 Å². The third-order valence-electron chi connectivity index (χ3n) is 5.52. The van der Waals surface area contributed by atoms with Gasteiger partial charge in [0.2, 0.25) is 0 Å². The van der Waals surface area contributed by atoms with Crippen LogP contribution in [0.3, 0.4) is 0 Å². The highest BCUT2D eigenvalue weighted by Gasteiger charge is 2.39. The number of hydrogen-bond donors (Lipinski definition) is 2. The van der Waals surface area contributed by atoms with Gasteiger partial charge in [0.15, 0.2) is 7.14 Å². The van der Waals surface area contributed by atoms with Gasteiger partial charge in [-0.2, -0.15) is 0 Å². The van der Waals surface area contributed by atoms with E-state index in [1.807, 2.05) is 47.6 Å². The number of halogens is 2. The molecule has 0 bridgehead atoms. The molecule has 6 heteroatoms. The van der Waals surface area contributed by atoms with Crippen LogP contribution in [-0.4, -0.2) is 10.2 Å². The van der Waals surface area contributed by atoms with Gasteiger partial charge >= 0.3 is 0 Å². The standard InChI is InChI=1S/C26H29Cl2O3P/c1-25(2,3)19-12-16(27)14-21(23(19)29)32(31,18-10-8-7-9-11-18)22-15-17(28)13-20(24(22)30)26(4,5)6/h7-15,29-30H,1-6H3. The van der Waals surface area contributed by atoms with Crippen molar-refractivity contribution >= 4 is 46.3 Å². The zero-order valence-corrected chi connectivity index (χ0v) is 21.6. The Balaban J connectivity index is 2.52. The van der Waals surface area contributed by atoms with Crippen molar-refractivity contribution in [3.63, 3.8) is 0 Å². The Labute approximate surface area is 200 Å². The number of rotatable bonds is 3. The minimum absolute atomic E-state index is 0.0919. The molecule has 0 aliphatic rings. The first-order chi connectivity index (χ1) is 14.7. The molecule has 32 heavy (non-hydrogen) atoms. The molecule has 0 amide bonds. The minimum Gasteiger partial charge on any atom is -0.507 e. The van der Waals surface area contributed by atoms with Crippen LogP contribution in [0.5, 0.6) is 11.5 Å². The first-order valence-electron chi connectivity index (χ1n) is 10.4. The van der Waals surface area contributed by atoms with E-state index in [-0.39, 0.29) is 22.1 Å². The molecule has 0 saturated carbocycles. The van der Waals surface area contributed by atoms with E-state index in [2.05, 4.69) is 0 Å². The molecule has 170 valence electrons. The van der Waals surface area contributed by atoms with Gasteiger partial charge < -0.3 is 14.8 Å². The zero-order valence-electron chi connectivity index (χ0n) is 19.2. The summed E-state index contributed by atoms with van der Waals surface area (Å²) >= 11 is 12.9. The van der Waals surface area contributed by atoms with Gasteiger partial charge in [-0.25, -0.2) is 0 Å². The summed E-state index contributed by atoms with van der Waals surface area (Å²) in [6, 6.07) is 15.3. The lowest BCUT2D eigenvalue weighted by Gasteiger charge is -2.29. The molecule has 0 aliphatic heterocycles. The molecule has 0 saturated heterocycles. The maximum atomic E-state index is 15.1. The van der Waals surface area contributed by atoms with Crippen molar-refractivity contribution < 1.29 is 14.8 Å². The Kier molecular flexibility index (Phi) is 6.52. The van der Waals surface area contributed by atoms with E-state index in [4.69, 9.17) is 23.2 Å². The summed E-state index contributed by atoms with van der Waals surface area (Å²) in [5, 5.41) is 24.2. The van der Waals surface area contributed by atoms with Gasteiger partial charge in [0.25, 0.3) is 0 Å². The Bertz CT molecular complexity index is 1130. The Morgan fingerprint density at radius 2 is 1.06 bits per heavy atom. The van der Waals surface area contributed by atoms with Gasteiger partial charge in [-0.1, -0.05) is 95.1 Å². The molecule has 0 radical (unpaired) electrons. The molecule has 0 aromatic heterocycles. The van der Waals surface area contributed by atoms with Gasteiger partial charge in [0.05, 0.1) is 10.6 Å². The first-order valence-corrected chi connectivity index (χ1v) is 12.9. The van der Waals surface area contributed by atoms with Crippen LogP contribution in [0.2, 0.25) is 10.0 Å². The highest BCUT2D eigenvalue weighted by Crippen LogP contribution is 2.51. The molecule has 0 spiro atoms. The summed E-state index contributed by atoms with van der Waals surface area (Å²) in [5.41, 5.74) is 0.263. The third-order valence-corrected chi connectivity index (χ3v) is 9.02. The summed E-state index contributed by atoms with van der Waals surface area (Å²) in [6.07, 6.45) is 0. The van der Waals surface area contributed by atoms with E-state index in [0.29, 0.717) is 26.5 Å². The third kappa shape index (κ3) is 4.44. The van der Waals surface area contributed by atoms with E-state index < -0.39 is 18.0 Å². The van der Waals surface area contributed by atoms with Crippen molar-refractivity contribution in [2.45, 2.75) is 52.4 Å². The lowest BCUT2D eigenvalue weighted by Crippen LogP contribution is -2.28. The van der Waals surface area contributed by atoms with Crippen molar-refractivity contribution in [3.05, 3.63) is 75.8 Å². The maximum Gasteiger partial charge on any atom is 0.178 e. The Morgan fingerprint density at radius 1 is 0.688 bits per heavy atom. The first kappa shape index (κ1) is 24.7. The van der Waals surface area contributed by atoms with Gasteiger partial charge in [-0.05, 0) is 35.1 Å². The monoisotopic (exact) mass is 490 g/mol. The van der Waals surface area contributed by atoms with Crippen LogP contribution < -0.4 is 15.9 Å². The number of phenols is 2. The molecular weight excluding hydrogens is 462 g/mol. The average molecular weight is 491 g/mol. The van der Waals surface area contributed by atoms with Crippen molar-refractivity contribution in [2.24, 2.45) is 0 Å². The van der Waals surface area contributed by atoms with Crippen molar-refractivity contribution in [3.8, 4) is 11.5 Å². The second-order valence-corrected chi connectivity index (χ2v) is 13.7. The van der Waals surface area contributed by atoms with Crippen molar-refractivity contribution in [1.29, 1.82) is 0 Å². The lowest BCUT2D eigenvalue weighted by molar-refractivity contribution is 0.449. The summed E-state index contributed by atoms with van der Waals surface area (Å²) in [6.45, 7) is 11.7. The number of aromatic hydroxyl groups is 2. The summed E-state index contributed by atoms with van der Waals surface area (Å²) in [4.78, 5) is 0. The predicted octanol–water partition coefficient (Wildman–Crippen LogP) is 6.64. The molecular formula is C26H29Cl2O3P. The van der Waals surface area contributed by atoms with E-state index >= 15 is 4.57 Å². The molecule has 3 rings (SSSR count). The van der Waals surface area contributed by atoms with Crippen LogP contribution in [0.25, 0.3) is 0 Å². The molecule has 3 aromatic rings.